The fourth-order valence-corrected chi connectivity index (χ4v) is 7.46. The maximum absolute atomic E-state index is 2.48. The van der Waals surface area contributed by atoms with Gasteiger partial charge in [-0.25, -0.2) is 0 Å². The van der Waals surface area contributed by atoms with Crippen LogP contribution in [0.3, 0.4) is 0 Å². The molecule has 5 aromatic carbocycles. The Bertz CT molecular complexity index is 1450. The van der Waals surface area contributed by atoms with Gasteiger partial charge >= 0.3 is 0 Å². The molecule has 0 aromatic heterocycles. The van der Waals surface area contributed by atoms with E-state index in [1.165, 1.54) is 54.9 Å². The summed E-state index contributed by atoms with van der Waals surface area (Å²) in [4.78, 5) is 0. The van der Waals surface area contributed by atoms with E-state index < -0.39 is 8.07 Å². The lowest BCUT2D eigenvalue weighted by Crippen LogP contribution is -2.40. The Morgan fingerprint density at radius 1 is 0.500 bits per heavy atom. The molecule has 1 heteroatoms. The van der Waals surface area contributed by atoms with Gasteiger partial charge in [-0.2, -0.15) is 0 Å². The minimum absolute atomic E-state index is 1.33. The lowest BCUT2D eigenvalue weighted by molar-refractivity contribution is 1.63. The normalized spacial score (nSPS) is 12.5. The van der Waals surface area contributed by atoms with Crippen molar-refractivity contribution in [2.45, 2.75) is 19.6 Å². The maximum atomic E-state index is 2.48. The van der Waals surface area contributed by atoms with Gasteiger partial charge in [-0.1, -0.05) is 111 Å². The van der Waals surface area contributed by atoms with Gasteiger partial charge in [-0.05, 0) is 60.1 Å². The number of rotatable bonds is 2. The quantitative estimate of drug-likeness (QED) is 0.260. The molecule has 0 unspecified atom stereocenters. The van der Waals surface area contributed by atoms with Crippen LogP contribution in [-0.4, -0.2) is 8.07 Å². The van der Waals surface area contributed by atoms with Gasteiger partial charge in [0.2, 0.25) is 0 Å². The summed E-state index contributed by atoms with van der Waals surface area (Å²) in [5, 5.41) is 7.14. The molecular formula is C29H24Si. The fraction of sp³-hybridized carbons (Fsp3) is 0.103. The highest BCUT2D eigenvalue weighted by molar-refractivity contribution is 6.91. The highest BCUT2D eigenvalue weighted by atomic mass is 28.3. The smallest absolute Gasteiger partial charge is 0.0656 e. The number of hydrogen-bond acceptors (Lipinski definition) is 0. The molecule has 0 saturated heterocycles. The Morgan fingerprint density at radius 2 is 1.10 bits per heavy atom. The van der Waals surface area contributed by atoms with E-state index in [0.717, 1.165) is 0 Å². The van der Waals surface area contributed by atoms with Crippen molar-refractivity contribution in [3.63, 3.8) is 0 Å². The van der Waals surface area contributed by atoms with Crippen molar-refractivity contribution >= 4 is 34.8 Å². The second kappa shape index (κ2) is 6.17. The number of fused-ring (bicyclic) bond motifs is 5. The summed E-state index contributed by atoms with van der Waals surface area (Å²) in [7, 11) is -1.65. The van der Waals surface area contributed by atoms with Crippen molar-refractivity contribution in [3.8, 4) is 33.4 Å². The van der Waals surface area contributed by atoms with Gasteiger partial charge in [-0.3, -0.25) is 0 Å². The molecule has 30 heavy (non-hydrogen) atoms. The van der Waals surface area contributed by atoms with Crippen molar-refractivity contribution in [3.05, 3.63) is 91.0 Å². The van der Waals surface area contributed by atoms with E-state index in [2.05, 4.69) is 111 Å². The third-order valence-electron chi connectivity index (χ3n) is 6.47. The van der Waals surface area contributed by atoms with Crippen LogP contribution in [0, 0.1) is 0 Å². The van der Waals surface area contributed by atoms with Crippen LogP contribution in [0.1, 0.15) is 0 Å². The van der Waals surface area contributed by atoms with Crippen molar-refractivity contribution in [2.24, 2.45) is 0 Å². The standard InChI is InChI=1S/C29H24Si/c1-30(2,3)29-22-16-8-7-15-21(22)27-23-17-9-13-19-14-10-18-24(25(19)23)28(27)26(29)20-11-5-4-6-12-20/h4-18H,1-3H3. The summed E-state index contributed by atoms with van der Waals surface area (Å²) in [6, 6.07) is 33.7. The number of hydrogen-bond donors (Lipinski definition) is 0. The van der Waals surface area contributed by atoms with E-state index in [0.29, 0.717) is 0 Å². The van der Waals surface area contributed by atoms with E-state index in [4.69, 9.17) is 0 Å². The highest BCUT2D eigenvalue weighted by Crippen LogP contribution is 2.53. The molecule has 0 saturated carbocycles. The van der Waals surface area contributed by atoms with Crippen LogP contribution < -0.4 is 5.19 Å². The SMILES string of the molecule is C[Si](C)(C)c1c(-c2ccccc2)c2c(c3ccccc13)-c1cccc3cccc-2c13. The van der Waals surface area contributed by atoms with Gasteiger partial charge < -0.3 is 0 Å². The molecule has 0 heterocycles. The molecule has 0 atom stereocenters. The lowest BCUT2D eigenvalue weighted by Gasteiger charge is -2.27. The highest BCUT2D eigenvalue weighted by Gasteiger charge is 2.33. The predicted octanol–water partition coefficient (Wildman–Crippen LogP) is 7.85. The van der Waals surface area contributed by atoms with Gasteiger partial charge in [0, 0.05) is 0 Å². The molecule has 0 aliphatic heterocycles. The van der Waals surface area contributed by atoms with Crippen LogP contribution in [0.2, 0.25) is 19.6 Å². The molecule has 0 N–H and O–H groups in total. The molecule has 0 spiro atoms. The monoisotopic (exact) mass is 400 g/mol. The molecule has 6 rings (SSSR count). The minimum Gasteiger partial charge on any atom is -0.0656 e. The Kier molecular flexibility index (Phi) is 3.63. The Morgan fingerprint density at radius 3 is 1.77 bits per heavy atom. The first-order valence-corrected chi connectivity index (χ1v) is 14.2. The summed E-state index contributed by atoms with van der Waals surface area (Å²) in [6.45, 7) is 7.45. The minimum atomic E-state index is -1.65. The summed E-state index contributed by atoms with van der Waals surface area (Å²) >= 11 is 0. The molecule has 0 nitrogen and oxygen atoms in total. The summed E-state index contributed by atoms with van der Waals surface area (Å²) in [5.74, 6) is 0. The van der Waals surface area contributed by atoms with Crippen LogP contribution in [0.5, 0.6) is 0 Å². The van der Waals surface area contributed by atoms with E-state index in [-0.39, 0.29) is 0 Å². The molecule has 1 aliphatic rings. The zero-order valence-electron chi connectivity index (χ0n) is 17.7. The average molecular weight is 401 g/mol. The molecule has 0 fully saturated rings. The largest absolute Gasteiger partial charge is 0.0792 e. The van der Waals surface area contributed by atoms with Crippen molar-refractivity contribution in [1.82, 2.24) is 0 Å². The molecule has 0 bridgehead atoms. The number of benzene rings is 5. The summed E-state index contributed by atoms with van der Waals surface area (Å²) in [5.41, 5.74) is 8.41. The summed E-state index contributed by atoms with van der Waals surface area (Å²) in [6.07, 6.45) is 0. The fourth-order valence-electron chi connectivity index (χ4n) is 5.42. The molecule has 5 aromatic rings. The second-order valence-corrected chi connectivity index (χ2v) is 14.4. The molecule has 144 valence electrons. The third-order valence-corrected chi connectivity index (χ3v) is 8.49. The van der Waals surface area contributed by atoms with E-state index in [1.54, 1.807) is 5.19 Å². The molecular weight excluding hydrogens is 376 g/mol. The van der Waals surface area contributed by atoms with E-state index >= 15 is 0 Å². The van der Waals surface area contributed by atoms with Gasteiger partial charge in [0.05, 0.1) is 8.07 Å². The van der Waals surface area contributed by atoms with Gasteiger partial charge in [-0.15, -0.1) is 0 Å². The first-order chi connectivity index (χ1) is 14.6. The van der Waals surface area contributed by atoms with Gasteiger partial charge in [0.25, 0.3) is 0 Å². The first-order valence-electron chi connectivity index (χ1n) is 10.7. The lowest BCUT2D eigenvalue weighted by atomic mass is 9.89. The Hall–Kier alpha value is -3.16. The van der Waals surface area contributed by atoms with Crippen molar-refractivity contribution < 1.29 is 0 Å². The summed E-state index contributed by atoms with van der Waals surface area (Å²) < 4.78 is 0. The zero-order valence-corrected chi connectivity index (χ0v) is 18.7. The third kappa shape index (κ3) is 2.33. The van der Waals surface area contributed by atoms with Crippen LogP contribution in [0.15, 0.2) is 91.0 Å². The molecule has 0 amide bonds. The van der Waals surface area contributed by atoms with Crippen LogP contribution in [-0.2, 0) is 0 Å². The van der Waals surface area contributed by atoms with Crippen LogP contribution >= 0.6 is 0 Å². The van der Waals surface area contributed by atoms with E-state index in [9.17, 15) is 0 Å². The zero-order chi connectivity index (χ0) is 20.5. The second-order valence-electron chi connectivity index (χ2n) is 9.37. The molecule has 1 aliphatic carbocycles. The Labute approximate surface area is 178 Å². The van der Waals surface area contributed by atoms with Crippen molar-refractivity contribution in [2.75, 3.05) is 0 Å². The van der Waals surface area contributed by atoms with Gasteiger partial charge in [0.1, 0.15) is 0 Å². The Balaban J connectivity index is 1.93. The molecule has 0 radical (unpaired) electrons. The first kappa shape index (κ1) is 17.7. The van der Waals surface area contributed by atoms with Crippen LogP contribution in [0.4, 0.5) is 0 Å². The van der Waals surface area contributed by atoms with Crippen molar-refractivity contribution in [1.29, 1.82) is 0 Å². The van der Waals surface area contributed by atoms with E-state index in [1.807, 2.05) is 0 Å². The topological polar surface area (TPSA) is 0 Å². The predicted molar refractivity (Wildman–Crippen MR) is 134 cm³/mol. The van der Waals surface area contributed by atoms with Crippen LogP contribution in [0.25, 0.3) is 54.9 Å². The maximum Gasteiger partial charge on any atom is 0.0792 e. The van der Waals surface area contributed by atoms with Gasteiger partial charge in [0.15, 0.2) is 0 Å². The average Bonchev–Trinajstić information content (AvgIpc) is 3.09.